The first kappa shape index (κ1) is 12.3. The maximum atomic E-state index is 10.9. The molecule has 0 saturated carbocycles. The average Bonchev–Trinajstić information content (AvgIpc) is 2.51. The molecule has 1 aromatic rings. The van der Waals surface area contributed by atoms with E-state index < -0.39 is 5.97 Å². The maximum absolute atomic E-state index is 10.9. The molecule has 6 heteroatoms. The fourth-order valence-corrected chi connectivity index (χ4v) is 1.44. The fourth-order valence-electron chi connectivity index (χ4n) is 0.695. The van der Waals surface area contributed by atoms with Crippen molar-refractivity contribution in [3.8, 4) is 0 Å². The van der Waals surface area contributed by atoms with E-state index >= 15 is 0 Å². The topological polar surface area (TPSA) is 65.2 Å². The highest BCUT2D eigenvalue weighted by molar-refractivity contribution is 7.09. The standard InChI is InChI=1S/C7H10N2O2S.ClH/c1-4(8)6-9-5(3-12-6)7(10)11-2;/h3-4H,8H2,1-2H3;1H. The third-order valence-corrected chi connectivity index (χ3v) is 2.35. The van der Waals surface area contributed by atoms with Gasteiger partial charge in [-0.1, -0.05) is 0 Å². The Balaban J connectivity index is 0.00000144. The molecule has 0 aromatic carbocycles. The van der Waals surface area contributed by atoms with Crippen LogP contribution >= 0.6 is 23.7 Å². The summed E-state index contributed by atoms with van der Waals surface area (Å²) < 4.78 is 4.49. The van der Waals surface area contributed by atoms with Crippen molar-refractivity contribution in [2.24, 2.45) is 5.73 Å². The molecule has 1 unspecified atom stereocenters. The third-order valence-electron chi connectivity index (χ3n) is 1.31. The first-order valence-corrected chi connectivity index (χ1v) is 4.32. The van der Waals surface area contributed by atoms with E-state index in [4.69, 9.17) is 5.73 Å². The van der Waals surface area contributed by atoms with E-state index in [0.717, 1.165) is 5.01 Å². The first-order valence-electron chi connectivity index (χ1n) is 3.44. The summed E-state index contributed by atoms with van der Waals surface area (Å²) in [6.45, 7) is 1.82. The average molecular weight is 223 g/mol. The summed E-state index contributed by atoms with van der Waals surface area (Å²) in [4.78, 5) is 14.9. The van der Waals surface area contributed by atoms with Gasteiger partial charge in [-0.05, 0) is 6.92 Å². The van der Waals surface area contributed by atoms with Gasteiger partial charge < -0.3 is 10.5 Å². The van der Waals surface area contributed by atoms with E-state index in [2.05, 4.69) is 9.72 Å². The number of nitrogens with two attached hydrogens (primary N) is 1. The third kappa shape index (κ3) is 2.95. The highest BCUT2D eigenvalue weighted by Gasteiger charge is 2.11. The second kappa shape index (κ2) is 5.16. The summed E-state index contributed by atoms with van der Waals surface area (Å²) in [6.07, 6.45) is 0. The zero-order chi connectivity index (χ0) is 9.14. The van der Waals surface area contributed by atoms with Crippen molar-refractivity contribution in [1.29, 1.82) is 0 Å². The molecule has 0 bridgehead atoms. The van der Waals surface area contributed by atoms with Crippen molar-refractivity contribution < 1.29 is 9.53 Å². The molecule has 1 rings (SSSR count). The largest absolute Gasteiger partial charge is 0.464 e. The molecule has 0 amide bonds. The number of halogens is 1. The molecular formula is C7H11ClN2O2S. The Hall–Kier alpha value is -0.650. The molecule has 74 valence electrons. The minimum Gasteiger partial charge on any atom is -0.464 e. The van der Waals surface area contributed by atoms with Gasteiger partial charge in [0.15, 0.2) is 5.69 Å². The molecule has 0 aliphatic heterocycles. The van der Waals surface area contributed by atoms with Crippen LogP contribution in [0.3, 0.4) is 0 Å². The molecule has 0 aliphatic carbocycles. The minimum absolute atomic E-state index is 0. The molecule has 13 heavy (non-hydrogen) atoms. The van der Waals surface area contributed by atoms with Gasteiger partial charge in [0.05, 0.1) is 13.2 Å². The first-order chi connectivity index (χ1) is 5.65. The van der Waals surface area contributed by atoms with Gasteiger partial charge >= 0.3 is 5.97 Å². The Morgan fingerprint density at radius 1 is 1.77 bits per heavy atom. The molecule has 0 saturated heterocycles. The van der Waals surface area contributed by atoms with Crippen molar-refractivity contribution in [2.75, 3.05) is 7.11 Å². The number of rotatable bonds is 2. The summed E-state index contributed by atoms with van der Waals surface area (Å²) in [5.74, 6) is -0.418. The van der Waals surface area contributed by atoms with E-state index in [-0.39, 0.29) is 18.4 Å². The Bertz CT molecular complexity index is 288. The van der Waals surface area contributed by atoms with E-state index in [1.807, 2.05) is 6.92 Å². The van der Waals surface area contributed by atoms with Crippen LogP contribution in [-0.4, -0.2) is 18.1 Å². The van der Waals surface area contributed by atoms with Gasteiger partial charge in [0.2, 0.25) is 0 Å². The number of aromatic nitrogens is 1. The lowest BCUT2D eigenvalue weighted by Gasteiger charge is -1.96. The smallest absolute Gasteiger partial charge is 0.357 e. The van der Waals surface area contributed by atoms with Gasteiger partial charge in [-0.25, -0.2) is 9.78 Å². The lowest BCUT2D eigenvalue weighted by molar-refractivity contribution is 0.0594. The summed E-state index contributed by atoms with van der Waals surface area (Å²) in [7, 11) is 1.33. The van der Waals surface area contributed by atoms with Crippen LogP contribution in [0.25, 0.3) is 0 Å². The number of hydrogen-bond acceptors (Lipinski definition) is 5. The molecule has 0 radical (unpaired) electrons. The van der Waals surface area contributed by atoms with Crippen LogP contribution in [0.1, 0.15) is 28.5 Å². The molecule has 1 atom stereocenters. The van der Waals surface area contributed by atoms with Crippen LogP contribution in [0.5, 0.6) is 0 Å². The van der Waals surface area contributed by atoms with Crippen LogP contribution in [0, 0.1) is 0 Å². The van der Waals surface area contributed by atoms with Gasteiger partial charge in [-0.2, -0.15) is 0 Å². The van der Waals surface area contributed by atoms with Crippen molar-refractivity contribution in [1.82, 2.24) is 4.98 Å². The number of thiazole rings is 1. The van der Waals surface area contributed by atoms with Gasteiger partial charge in [0, 0.05) is 5.38 Å². The molecule has 2 N–H and O–H groups in total. The second-order valence-electron chi connectivity index (χ2n) is 2.35. The van der Waals surface area contributed by atoms with Crippen molar-refractivity contribution in [2.45, 2.75) is 13.0 Å². The maximum Gasteiger partial charge on any atom is 0.357 e. The van der Waals surface area contributed by atoms with Crippen molar-refractivity contribution >= 4 is 29.7 Å². The fraction of sp³-hybridized carbons (Fsp3) is 0.429. The molecular weight excluding hydrogens is 212 g/mol. The minimum atomic E-state index is -0.418. The van der Waals surface area contributed by atoms with E-state index in [9.17, 15) is 4.79 Å². The zero-order valence-corrected chi connectivity index (χ0v) is 8.95. The Morgan fingerprint density at radius 2 is 2.38 bits per heavy atom. The quantitative estimate of drug-likeness (QED) is 0.768. The number of methoxy groups -OCH3 is 1. The van der Waals surface area contributed by atoms with Gasteiger partial charge in [0.1, 0.15) is 5.01 Å². The van der Waals surface area contributed by atoms with Crippen LogP contribution in [0.2, 0.25) is 0 Å². The zero-order valence-electron chi connectivity index (χ0n) is 7.31. The van der Waals surface area contributed by atoms with Crippen molar-refractivity contribution in [3.05, 3.63) is 16.1 Å². The van der Waals surface area contributed by atoms with Gasteiger partial charge in [-0.3, -0.25) is 0 Å². The Morgan fingerprint density at radius 3 is 2.77 bits per heavy atom. The molecule has 1 heterocycles. The highest BCUT2D eigenvalue weighted by atomic mass is 35.5. The predicted octanol–water partition coefficient (Wildman–Crippen LogP) is 1.37. The predicted molar refractivity (Wildman–Crippen MR) is 53.3 cm³/mol. The monoisotopic (exact) mass is 222 g/mol. The summed E-state index contributed by atoms with van der Waals surface area (Å²) in [5, 5.41) is 2.39. The number of esters is 1. The lowest BCUT2D eigenvalue weighted by Crippen LogP contribution is -2.06. The molecule has 4 nitrogen and oxygen atoms in total. The normalized spacial score (nSPS) is 11.6. The summed E-state index contributed by atoms with van der Waals surface area (Å²) >= 11 is 1.36. The Labute approximate surface area is 86.5 Å². The number of nitrogens with zero attached hydrogens (tertiary/aromatic N) is 1. The van der Waals surface area contributed by atoms with E-state index in [1.165, 1.54) is 18.4 Å². The number of ether oxygens (including phenoxy) is 1. The van der Waals surface area contributed by atoms with Crippen LogP contribution in [0.15, 0.2) is 5.38 Å². The van der Waals surface area contributed by atoms with E-state index in [0.29, 0.717) is 5.69 Å². The van der Waals surface area contributed by atoms with Crippen molar-refractivity contribution in [3.63, 3.8) is 0 Å². The second-order valence-corrected chi connectivity index (χ2v) is 3.24. The SMILES string of the molecule is COC(=O)c1csc(C(C)N)n1.Cl. The van der Waals surface area contributed by atoms with E-state index in [1.54, 1.807) is 5.38 Å². The van der Waals surface area contributed by atoms with Gasteiger partial charge in [-0.15, -0.1) is 23.7 Å². The summed E-state index contributed by atoms with van der Waals surface area (Å²) in [6, 6.07) is -0.131. The molecule has 0 fully saturated rings. The highest BCUT2D eigenvalue weighted by Crippen LogP contribution is 2.15. The number of carbonyl (C=O) groups is 1. The number of hydrogen-bond donors (Lipinski definition) is 1. The van der Waals surface area contributed by atoms with Crippen LogP contribution in [0.4, 0.5) is 0 Å². The van der Waals surface area contributed by atoms with Crippen LogP contribution in [-0.2, 0) is 4.74 Å². The van der Waals surface area contributed by atoms with Crippen LogP contribution < -0.4 is 5.73 Å². The molecule has 1 aromatic heterocycles. The Kier molecular flexibility index (Phi) is 4.90. The summed E-state index contributed by atoms with van der Waals surface area (Å²) in [5.41, 5.74) is 5.89. The van der Waals surface area contributed by atoms with Gasteiger partial charge in [0.25, 0.3) is 0 Å². The lowest BCUT2D eigenvalue weighted by atomic mass is 10.4. The molecule has 0 spiro atoms. The number of carbonyl (C=O) groups excluding carboxylic acids is 1. The molecule has 0 aliphatic rings.